The largest absolute Gasteiger partial charge is 0.378 e. The number of nitrogens with zero attached hydrogens (tertiary/aromatic N) is 1. The van der Waals surface area contributed by atoms with E-state index in [0.717, 1.165) is 3.82 Å². The van der Waals surface area contributed by atoms with Gasteiger partial charge in [0, 0.05) is 24.7 Å². The molecule has 4 heteroatoms. The smallest absolute Gasteiger partial charge is 0.102 e. The monoisotopic (exact) mass is 253 g/mol. The van der Waals surface area contributed by atoms with E-state index in [9.17, 15) is 0 Å². The first-order chi connectivity index (χ1) is 7.16. The minimum Gasteiger partial charge on any atom is -0.378 e. The first-order valence-corrected chi connectivity index (χ1v) is 7.10. The lowest BCUT2D eigenvalue weighted by molar-refractivity contribution is 1.13. The third kappa shape index (κ3) is 2.45. The Bertz CT molecular complexity index is 493. The van der Waals surface area contributed by atoms with E-state index < -0.39 is 0 Å². The maximum absolute atomic E-state index is 5.12. The van der Waals surface area contributed by atoms with E-state index in [1.165, 1.54) is 16.1 Å². The Labute approximate surface area is 102 Å². The summed E-state index contributed by atoms with van der Waals surface area (Å²) in [4.78, 5) is 3.36. The molecule has 1 nitrogen and oxygen atoms in total. The van der Waals surface area contributed by atoms with Gasteiger partial charge in [-0.05, 0) is 23.8 Å². The van der Waals surface area contributed by atoms with Gasteiger partial charge in [-0.25, -0.2) is 0 Å². The first-order valence-electron chi connectivity index (χ1n) is 4.55. The van der Waals surface area contributed by atoms with E-state index in [4.69, 9.17) is 12.2 Å². The van der Waals surface area contributed by atoms with Gasteiger partial charge in [-0.1, -0.05) is 45.0 Å². The van der Waals surface area contributed by atoms with Crippen molar-refractivity contribution in [2.45, 2.75) is 0 Å². The second-order valence-corrected chi connectivity index (χ2v) is 6.35. The third-order valence-corrected chi connectivity index (χ3v) is 5.04. The van der Waals surface area contributed by atoms with Crippen molar-refractivity contribution in [2.75, 3.05) is 19.0 Å². The van der Waals surface area contributed by atoms with Gasteiger partial charge in [0.25, 0.3) is 0 Å². The molecule has 0 spiro atoms. The molecular weight excluding hydrogens is 242 g/mol. The van der Waals surface area contributed by atoms with Crippen molar-refractivity contribution in [3.63, 3.8) is 0 Å². The molecule has 0 saturated heterocycles. The highest BCUT2D eigenvalue weighted by Gasteiger charge is 2.01. The average molecular weight is 253 g/mol. The molecule has 0 aliphatic carbocycles. The summed E-state index contributed by atoms with van der Waals surface area (Å²) in [6.45, 7) is 0. The van der Waals surface area contributed by atoms with Crippen LogP contribution in [0.25, 0.3) is 10.4 Å². The average Bonchev–Trinajstić information content (AvgIpc) is 2.65. The Morgan fingerprint density at radius 1 is 1.07 bits per heavy atom. The molecule has 0 unspecified atom stereocenters. The second kappa shape index (κ2) is 4.43. The number of anilines is 1. The summed E-state index contributed by atoms with van der Waals surface area (Å²) >= 11 is 5.12. The molecule has 2 aromatic rings. The van der Waals surface area contributed by atoms with Crippen molar-refractivity contribution in [3.8, 4) is 10.4 Å². The molecule has 1 heterocycles. The van der Waals surface area contributed by atoms with Crippen LogP contribution in [0.15, 0.2) is 30.3 Å². The predicted octanol–water partition coefficient (Wildman–Crippen LogP) is 4.27. The van der Waals surface area contributed by atoms with E-state index in [1.807, 2.05) is 14.1 Å². The highest BCUT2D eigenvalue weighted by molar-refractivity contribution is 7.80. The van der Waals surface area contributed by atoms with Gasteiger partial charge in [0.05, 0.1) is 0 Å². The molecule has 15 heavy (non-hydrogen) atoms. The van der Waals surface area contributed by atoms with Gasteiger partial charge < -0.3 is 4.90 Å². The summed E-state index contributed by atoms with van der Waals surface area (Å²) in [6.07, 6.45) is 0. The summed E-state index contributed by atoms with van der Waals surface area (Å²) in [5.74, 6) is 0. The number of benzene rings is 1. The van der Waals surface area contributed by atoms with Crippen molar-refractivity contribution in [2.24, 2.45) is 0 Å². The summed E-state index contributed by atoms with van der Waals surface area (Å²) < 4.78 is 0.965. The van der Waals surface area contributed by atoms with Crippen molar-refractivity contribution in [1.29, 1.82) is 0 Å². The van der Waals surface area contributed by atoms with Crippen molar-refractivity contribution in [1.82, 2.24) is 0 Å². The highest BCUT2D eigenvalue weighted by Crippen LogP contribution is 2.30. The fourth-order valence-corrected chi connectivity index (χ4v) is 3.70. The molecular formula is C11H11NS3. The summed E-state index contributed by atoms with van der Waals surface area (Å²) in [5, 5.41) is 0. The molecule has 0 atom stereocenters. The van der Waals surface area contributed by atoms with E-state index in [-0.39, 0.29) is 0 Å². The van der Waals surface area contributed by atoms with Gasteiger partial charge in [0.1, 0.15) is 3.82 Å². The fraction of sp³-hybridized carbons (Fsp3) is 0.182. The van der Waals surface area contributed by atoms with Crippen LogP contribution in [0.2, 0.25) is 0 Å². The Hall–Kier alpha value is -0.710. The van der Waals surface area contributed by atoms with E-state index in [1.54, 1.807) is 20.7 Å². The normalized spacial score (nSPS) is 10.3. The van der Waals surface area contributed by atoms with E-state index >= 15 is 0 Å². The maximum Gasteiger partial charge on any atom is 0.102 e. The van der Waals surface area contributed by atoms with Crippen LogP contribution in [0, 0.1) is 3.82 Å². The molecule has 0 amide bonds. The molecule has 0 aliphatic rings. The van der Waals surface area contributed by atoms with Crippen LogP contribution in [0.3, 0.4) is 0 Å². The van der Waals surface area contributed by atoms with Gasteiger partial charge in [-0.2, -0.15) is 0 Å². The van der Waals surface area contributed by atoms with Crippen LogP contribution in [-0.2, 0) is 0 Å². The number of rotatable bonds is 2. The number of hydrogen-bond acceptors (Lipinski definition) is 4. The standard InChI is InChI=1S/C11H11NS3/c1-12(2)9-5-3-8(4-6-9)10-7-11(13)15-14-10/h3-7H,1-2H3. The fourth-order valence-electron chi connectivity index (χ4n) is 1.30. The van der Waals surface area contributed by atoms with Crippen LogP contribution < -0.4 is 4.90 Å². The highest BCUT2D eigenvalue weighted by atomic mass is 32.9. The minimum absolute atomic E-state index is 0.965. The molecule has 0 bridgehead atoms. The molecule has 0 fully saturated rings. The minimum atomic E-state index is 0.965. The topological polar surface area (TPSA) is 3.24 Å². The zero-order valence-corrected chi connectivity index (χ0v) is 11.0. The summed E-state index contributed by atoms with van der Waals surface area (Å²) in [7, 11) is 7.49. The van der Waals surface area contributed by atoms with Crippen LogP contribution in [0.4, 0.5) is 5.69 Å². The van der Waals surface area contributed by atoms with E-state index in [2.05, 4.69) is 35.2 Å². The number of hydrogen-bond donors (Lipinski definition) is 0. The summed E-state index contributed by atoms with van der Waals surface area (Å²) in [6, 6.07) is 10.6. The van der Waals surface area contributed by atoms with Crippen LogP contribution in [0.1, 0.15) is 0 Å². The molecule has 78 valence electrons. The first kappa shape index (κ1) is 10.8. The molecule has 1 aromatic heterocycles. The Kier molecular flexibility index (Phi) is 3.19. The molecule has 0 radical (unpaired) electrons. The zero-order chi connectivity index (χ0) is 10.8. The van der Waals surface area contributed by atoms with Crippen molar-refractivity contribution < 1.29 is 0 Å². The lowest BCUT2D eigenvalue weighted by Gasteiger charge is -2.12. The molecule has 1 aromatic carbocycles. The predicted molar refractivity (Wildman–Crippen MR) is 72.8 cm³/mol. The lowest BCUT2D eigenvalue weighted by atomic mass is 10.2. The Balaban J connectivity index is 2.35. The SMILES string of the molecule is CN(C)c1ccc(-c2cc(=S)ss2)cc1. The molecule has 2 rings (SSSR count). The van der Waals surface area contributed by atoms with Crippen LogP contribution in [0.5, 0.6) is 0 Å². The van der Waals surface area contributed by atoms with E-state index in [0.29, 0.717) is 0 Å². The third-order valence-electron chi connectivity index (χ3n) is 2.13. The quantitative estimate of drug-likeness (QED) is 0.581. The summed E-state index contributed by atoms with van der Waals surface area (Å²) in [5.41, 5.74) is 2.47. The second-order valence-electron chi connectivity index (χ2n) is 3.44. The van der Waals surface area contributed by atoms with Gasteiger partial charge in [-0.3, -0.25) is 0 Å². The lowest BCUT2D eigenvalue weighted by Crippen LogP contribution is -2.07. The van der Waals surface area contributed by atoms with Gasteiger partial charge in [0.2, 0.25) is 0 Å². The molecule has 0 N–H and O–H groups in total. The molecule has 0 saturated carbocycles. The van der Waals surface area contributed by atoms with Gasteiger partial charge >= 0.3 is 0 Å². The van der Waals surface area contributed by atoms with Crippen molar-refractivity contribution in [3.05, 3.63) is 34.2 Å². The van der Waals surface area contributed by atoms with Gasteiger partial charge in [0.15, 0.2) is 0 Å². The van der Waals surface area contributed by atoms with Crippen LogP contribution in [-0.4, -0.2) is 14.1 Å². The van der Waals surface area contributed by atoms with Gasteiger partial charge in [-0.15, -0.1) is 0 Å². The maximum atomic E-state index is 5.12. The zero-order valence-electron chi connectivity index (χ0n) is 8.56. The Morgan fingerprint density at radius 2 is 1.73 bits per heavy atom. The van der Waals surface area contributed by atoms with Crippen molar-refractivity contribution >= 4 is 38.6 Å². The van der Waals surface area contributed by atoms with Crippen LogP contribution >= 0.6 is 32.9 Å². The molecule has 0 aliphatic heterocycles. The Morgan fingerprint density at radius 3 is 2.20 bits per heavy atom.